The zero-order valence-corrected chi connectivity index (χ0v) is 14.3. The first-order chi connectivity index (χ1) is 12.0. The highest BCUT2D eigenvalue weighted by Gasteiger charge is 2.40. The molecule has 1 fully saturated rings. The van der Waals surface area contributed by atoms with Crippen LogP contribution in [0.4, 0.5) is 0 Å². The Morgan fingerprint density at radius 3 is 2.32 bits per heavy atom. The first kappa shape index (κ1) is 19.7. The zero-order valence-electron chi connectivity index (χ0n) is 14.3. The van der Waals surface area contributed by atoms with Crippen LogP contribution in [0.3, 0.4) is 0 Å². The van der Waals surface area contributed by atoms with Crippen LogP contribution in [0.2, 0.25) is 0 Å². The van der Waals surface area contributed by atoms with Gasteiger partial charge in [-0.15, -0.1) is 0 Å². The van der Waals surface area contributed by atoms with E-state index in [0.29, 0.717) is 24.5 Å². The fourth-order valence-corrected chi connectivity index (χ4v) is 2.54. The minimum atomic E-state index is -1.29. The van der Waals surface area contributed by atoms with E-state index in [1.165, 1.54) is 14.2 Å². The molecular weight excluding hydrogens is 334 g/mol. The van der Waals surface area contributed by atoms with Crippen LogP contribution in [0.1, 0.15) is 5.56 Å². The molecule has 0 saturated carbocycles. The first-order valence-electron chi connectivity index (χ1n) is 7.92. The molecule has 9 nitrogen and oxygen atoms in total. The lowest BCUT2D eigenvalue weighted by Gasteiger charge is -2.35. The second-order valence-electron chi connectivity index (χ2n) is 5.62. The molecule has 1 saturated heterocycles. The Morgan fingerprint density at radius 1 is 1.16 bits per heavy atom. The number of methoxy groups -OCH3 is 2. The monoisotopic (exact) mass is 359 g/mol. The summed E-state index contributed by atoms with van der Waals surface area (Å²) in [5.74, 6) is 0.947. The van der Waals surface area contributed by atoms with Crippen molar-refractivity contribution >= 4 is 0 Å². The predicted octanol–water partition coefficient (Wildman–Crippen LogP) is -1.00. The van der Waals surface area contributed by atoms with Crippen LogP contribution in [0.15, 0.2) is 12.1 Å². The molecule has 0 radical (unpaired) electrons. The maximum absolute atomic E-state index is 10.1. The molecule has 9 heteroatoms. The normalized spacial score (nSPS) is 26.3. The van der Waals surface area contributed by atoms with Gasteiger partial charge >= 0.3 is 0 Å². The SMILES string of the molecule is COc1cc(CCN)cc(OC)c1OOC1CO[C@H](CO)C(O)C1O. The van der Waals surface area contributed by atoms with Gasteiger partial charge in [0.15, 0.2) is 17.6 Å². The molecule has 1 aromatic carbocycles. The number of aliphatic hydroxyl groups excluding tert-OH is 3. The lowest BCUT2D eigenvalue weighted by Crippen LogP contribution is -2.55. The Bertz CT molecular complexity index is 530. The summed E-state index contributed by atoms with van der Waals surface area (Å²) >= 11 is 0. The standard InChI is InChI=1S/C16H25NO8/c1-21-10-5-9(3-4-17)6-11(22-2)16(10)25-24-13-8-23-12(7-18)14(19)15(13)20/h5-6,12-15,18-20H,3-4,7-8,17H2,1-2H3/t12-,13?,14?,15?/m1/s1. The molecule has 3 unspecified atom stereocenters. The van der Waals surface area contributed by atoms with Gasteiger partial charge in [0.2, 0.25) is 5.75 Å². The van der Waals surface area contributed by atoms with E-state index in [1.807, 2.05) is 0 Å². The van der Waals surface area contributed by atoms with Crippen molar-refractivity contribution in [2.45, 2.75) is 30.8 Å². The van der Waals surface area contributed by atoms with Gasteiger partial charge in [-0.3, -0.25) is 0 Å². The third kappa shape index (κ3) is 4.51. The van der Waals surface area contributed by atoms with Crippen LogP contribution in [-0.2, 0) is 16.0 Å². The zero-order chi connectivity index (χ0) is 18.4. The van der Waals surface area contributed by atoms with Crippen LogP contribution < -0.4 is 20.1 Å². The summed E-state index contributed by atoms with van der Waals surface area (Å²) in [7, 11) is 2.95. The van der Waals surface area contributed by atoms with Gasteiger partial charge in [-0.1, -0.05) is 0 Å². The summed E-state index contributed by atoms with van der Waals surface area (Å²) in [5.41, 5.74) is 6.48. The lowest BCUT2D eigenvalue weighted by molar-refractivity contribution is -0.311. The number of benzene rings is 1. The van der Waals surface area contributed by atoms with Crippen molar-refractivity contribution in [2.75, 3.05) is 34.0 Å². The van der Waals surface area contributed by atoms with Crippen molar-refractivity contribution in [1.82, 2.24) is 0 Å². The molecule has 0 aliphatic carbocycles. The Hall–Kier alpha value is -1.62. The van der Waals surface area contributed by atoms with Gasteiger partial charge in [-0.25, -0.2) is 0 Å². The Morgan fingerprint density at radius 2 is 1.80 bits per heavy atom. The predicted molar refractivity (Wildman–Crippen MR) is 86.6 cm³/mol. The molecule has 4 atom stereocenters. The average molecular weight is 359 g/mol. The number of hydrogen-bond acceptors (Lipinski definition) is 9. The quantitative estimate of drug-likeness (QED) is 0.340. The molecule has 142 valence electrons. The van der Waals surface area contributed by atoms with Crippen LogP contribution in [0, 0.1) is 0 Å². The third-order valence-electron chi connectivity index (χ3n) is 3.97. The fourth-order valence-electron chi connectivity index (χ4n) is 2.54. The van der Waals surface area contributed by atoms with E-state index in [2.05, 4.69) is 0 Å². The number of ether oxygens (including phenoxy) is 3. The van der Waals surface area contributed by atoms with E-state index in [-0.39, 0.29) is 12.4 Å². The second kappa shape index (κ2) is 9.18. The Kier molecular flexibility index (Phi) is 7.24. The van der Waals surface area contributed by atoms with E-state index >= 15 is 0 Å². The summed E-state index contributed by atoms with van der Waals surface area (Å²) in [4.78, 5) is 10.5. The summed E-state index contributed by atoms with van der Waals surface area (Å²) in [6.07, 6.45) is -3.74. The number of aliphatic hydroxyl groups is 3. The van der Waals surface area contributed by atoms with Crippen molar-refractivity contribution < 1.29 is 39.3 Å². The minimum Gasteiger partial charge on any atom is -0.493 e. The van der Waals surface area contributed by atoms with Gasteiger partial charge in [0, 0.05) is 0 Å². The van der Waals surface area contributed by atoms with Crippen LogP contribution in [0.25, 0.3) is 0 Å². The van der Waals surface area contributed by atoms with Gasteiger partial charge < -0.3 is 40.2 Å². The van der Waals surface area contributed by atoms with E-state index in [4.69, 9.17) is 34.8 Å². The molecule has 0 amide bonds. The smallest absolute Gasteiger partial charge is 0.248 e. The van der Waals surface area contributed by atoms with Crippen molar-refractivity contribution in [2.24, 2.45) is 5.73 Å². The maximum atomic E-state index is 10.1. The summed E-state index contributed by atoms with van der Waals surface area (Å²) < 4.78 is 15.8. The number of hydrogen-bond donors (Lipinski definition) is 4. The molecule has 0 spiro atoms. The molecule has 5 N–H and O–H groups in total. The fraction of sp³-hybridized carbons (Fsp3) is 0.625. The number of rotatable bonds is 8. The van der Waals surface area contributed by atoms with Crippen LogP contribution in [-0.4, -0.2) is 73.7 Å². The topological polar surface area (TPSA) is 133 Å². The van der Waals surface area contributed by atoms with Crippen LogP contribution in [0.5, 0.6) is 17.2 Å². The third-order valence-corrected chi connectivity index (χ3v) is 3.97. The van der Waals surface area contributed by atoms with E-state index in [1.54, 1.807) is 12.1 Å². The van der Waals surface area contributed by atoms with Gasteiger partial charge in [0.05, 0.1) is 27.4 Å². The lowest BCUT2D eigenvalue weighted by atomic mass is 10.0. The molecule has 1 heterocycles. The summed E-state index contributed by atoms with van der Waals surface area (Å²) in [6, 6.07) is 3.50. The van der Waals surface area contributed by atoms with Gasteiger partial charge in [-0.05, 0) is 30.7 Å². The molecule has 0 aromatic heterocycles. The number of nitrogens with two attached hydrogens (primary N) is 1. The van der Waals surface area contributed by atoms with Crippen molar-refractivity contribution in [1.29, 1.82) is 0 Å². The summed E-state index contributed by atoms with van der Waals surface area (Å²) in [6.45, 7) is 0.00786. The highest BCUT2D eigenvalue weighted by Crippen LogP contribution is 2.39. The van der Waals surface area contributed by atoms with Crippen LogP contribution >= 0.6 is 0 Å². The largest absolute Gasteiger partial charge is 0.493 e. The van der Waals surface area contributed by atoms with Crippen molar-refractivity contribution in [3.63, 3.8) is 0 Å². The average Bonchev–Trinajstić information content (AvgIpc) is 2.63. The molecule has 1 aliphatic rings. The summed E-state index contributed by atoms with van der Waals surface area (Å²) in [5, 5.41) is 29.0. The molecule has 2 rings (SSSR count). The molecular formula is C16H25NO8. The molecule has 25 heavy (non-hydrogen) atoms. The van der Waals surface area contributed by atoms with Crippen molar-refractivity contribution in [3.8, 4) is 17.2 Å². The Balaban J connectivity index is 2.12. The van der Waals surface area contributed by atoms with E-state index < -0.39 is 31.0 Å². The minimum absolute atomic E-state index is 0.0562. The maximum Gasteiger partial charge on any atom is 0.248 e. The molecule has 1 aromatic rings. The molecule has 1 aliphatic heterocycles. The molecule has 0 bridgehead atoms. The van der Waals surface area contributed by atoms with E-state index in [0.717, 1.165) is 5.56 Å². The Labute approximate surface area is 145 Å². The van der Waals surface area contributed by atoms with E-state index in [9.17, 15) is 10.2 Å². The van der Waals surface area contributed by atoms with Gasteiger partial charge in [0.1, 0.15) is 18.3 Å². The first-order valence-corrected chi connectivity index (χ1v) is 7.92. The second-order valence-corrected chi connectivity index (χ2v) is 5.62. The van der Waals surface area contributed by atoms with Gasteiger partial charge in [-0.2, -0.15) is 4.89 Å². The van der Waals surface area contributed by atoms with Gasteiger partial charge in [0.25, 0.3) is 0 Å². The van der Waals surface area contributed by atoms with Crippen molar-refractivity contribution in [3.05, 3.63) is 17.7 Å². The highest BCUT2D eigenvalue weighted by molar-refractivity contribution is 5.53. The highest BCUT2D eigenvalue weighted by atomic mass is 17.2.